The first-order chi connectivity index (χ1) is 26.2. The zero-order chi connectivity index (χ0) is 39.6. The normalized spacial score (nSPS) is 19.6. The van der Waals surface area contributed by atoms with E-state index in [2.05, 4.69) is 32.9 Å². The fourth-order valence-corrected chi connectivity index (χ4v) is 8.10. The summed E-state index contributed by atoms with van der Waals surface area (Å²) in [4.78, 5) is 24.9. The van der Waals surface area contributed by atoms with E-state index < -0.39 is 11.8 Å². The fourth-order valence-electron chi connectivity index (χ4n) is 8.10. The molecule has 0 heterocycles. The van der Waals surface area contributed by atoms with Gasteiger partial charge < -0.3 is 9.47 Å². The molecule has 6 rings (SSSR count). The number of benzene rings is 4. The molecule has 4 aromatic rings. The summed E-state index contributed by atoms with van der Waals surface area (Å²) in [5.41, 5.74) is 9.67. The van der Waals surface area contributed by atoms with Crippen LogP contribution < -0.4 is 9.47 Å². The van der Waals surface area contributed by atoms with E-state index in [4.69, 9.17) is 9.47 Å². The highest BCUT2D eigenvalue weighted by molar-refractivity contribution is 5.92. The van der Waals surface area contributed by atoms with Gasteiger partial charge in [-0.15, -0.1) is 0 Å². The molecular formula is C50H63FO4. The first-order valence-electron chi connectivity index (χ1n) is 20.7. The largest absolute Gasteiger partial charge is 0.423 e. The predicted octanol–water partition coefficient (Wildman–Crippen LogP) is 13.3. The van der Waals surface area contributed by atoms with Gasteiger partial charge in [0.15, 0.2) is 0 Å². The van der Waals surface area contributed by atoms with Gasteiger partial charge in [0.2, 0.25) is 0 Å². The molecule has 2 saturated carbocycles. The number of rotatable bonds is 10. The highest BCUT2D eigenvalue weighted by atomic mass is 19.1. The Kier molecular flexibility index (Phi) is 14.9. The topological polar surface area (TPSA) is 52.6 Å². The Labute approximate surface area is 330 Å². The van der Waals surface area contributed by atoms with E-state index in [1.807, 2.05) is 77.1 Å². The lowest BCUT2D eigenvalue weighted by atomic mass is 9.80. The Hall–Kier alpha value is -4.25. The van der Waals surface area contributed by atoms with E-state index in [1.54, 1.807) is 6.07 Å². The molecule has 55 heavy (non-hydrogen) atoms. The van der Waals surface area contributed by atoms with Gasteiger partial charge >= 0.3 is 11.9 Å². The molecule has 4 nitrogen and oxygen atoms in total. The van der Waals surface area contributed by atoms with Crippen LogP contribution in [0.3, 0.4) is 0 Å². The molecule has 0 radical (unpaired) electrons. The molecule has 294 valence electrons. The van der Waals surface area contributed by atoms with Gasteiger partial charge in [0.25, 0.3) is 0 Å². The number of carbonyl (C=O) groups excluding carboxylic acids is 2. The van der Waals surface area contributed by atoms with Gasteiger partial charge in [-0.25, -0.2) is 14.0 Å². The van der Waals surface area contributed by atoms with Crippen LogP contribution in [0.2, 0.25) is 0 Å². The van der Waals surface area contributed by atoms with Crippen molar-refractivity contribution in [2.75, 3.05) is 0 Å². The summed E-state index contributed by atoms with van der Waals surface area (Å²) in [6.07, 6.45) is 15.0. The summed E-state index contributed by atoms with van der Waals surface area (Å²) in [5.74, 6) is 3.03. The first-order valence-corrected chi connectivity index (χ1v) is 20.7. The van der Waals surface area contributed by atoms with Gasteiger partial charge in [0, 0.05) is 0 Å². The molecule has 0 spiro atoms. The monoisotopic (exact) mass is 746 g/mol. The third-order valence-corrected chi connectivity index (χ3v) is 12.6. The number of ether oxygens (including phenoxy) is 2. The van der Waals surface area contributed by atoms with Crippen molar-refractivity contribution < 1.29 is 23.5 Å². The second kappa shape index (κ2) is 19.6. The maximum Gasteiger partial charge on any atom is 0.346 e. The molecule has 0 aliphatic heterocycles. The zero-order valence-corrected chi connectivity index (χ0v) is 34.7. The Morgan fingerprint density at radius 3 is 1.38 bits per heavy atom. The van der Waals surface area contributed by atoms with Crippen molar-refractivity contribution in [1.82, 2.24) is 0 Å². The van der Waals surface area contributed by atoms with E-state index in [-0.39, 0.29) is 11.5 Å². The number of esters is 2. The summed E-state index contributed by atoms with van der Waals surface area (Å²) in [6.45, 7) is 16.8. The maximum atomic E-state index is 14.5. The Balaban J connectivity index is 0.000000211. The average molecular weight is 747 g/mol. The molecule has 0 N–H and O–H groups in total. The molecule has 0 saturated heterocycles. The SMILES string of the molecule is Cc1cc(OC(=O)c2ccc(CCC3CCC(C)CC3)cc2)cc(C)c1C.Cc1cc(OC(=O)c2ccc(CCC3CCC(C)CC3)cc2F)cc(C)c1C. The van der Waals surface area contributed by atoms with E-state index in [0.29, 0.717) is 17.1 Å². The summed E-state index contributed by atoms with van der Waals surface area (Å²) < 4.78 is 25.5. The minimum atomic E-state index is -0.645. The predicted molar refractivity (Wildman–Crippen MR) is 223 cm³/mol. The lowest BCUT2D eigenvalue weighted by Gasteiger charge is -2.26. The van der Waals surface area contributed by atoms with Crippen molar-refractivity contribution >= 4 is 11.9 Å². The van der Waals surface area contributed by atoms with Crippen LogP contribution in [0.25, 0.3) is 0 Å². The average Bonchev–Trinajstić information content (AvgIpc) is 3.16. The molecule has 0 atom stereocenters. The van der Waals surface area contributed by atoms with Crippen LogP contribution in [0.1, 0.15) is 143 Å². The molecule has 4 aromatic carbocycles. The van der Waals surface area contributed by atoms with Crippen molar-refractivity contribution in [2.45, 2.75) is 132 Å². The van der Waals surface area contributed by atoms with Crippen molar-refractivity contribution in [2.24, 2.45) is 23.7 Å². The van der Waals surface area contributed by atoms with Gasteiger partial charge in [-0.05, 0) is 184 Å². The molecule has 2 aliphatic rings. The summed E-state index contributed by atoms with van der Waals surface area (Å²) >= 11 is 0. The van der Waals surface area contributed by atoms with Crippen molar-refractivity contribution in [1.29, 1.82) is 0 Å². The molecule has 0 bridgehead atoms. The summed E-state index contributed by atoms with van der Waals surface area (Å²) in [7, 11) is 0. The maximum absolute atomic E-state index is 14.5. The van der Waals surface area contributed by atoms with Gasteiger partial charge in [-0.3, -0.25) is 0 Å². The Morgan fingerprint density at radius 1 is 0.545 bits per heavy atom. The van der Waals surface area contributed by atoms with E-state index in [0.717, 1.165) is 70.8 Å². The molecule has 0 amide bonds. The van der Waals surface area contributed by atoms with Gasteiger partial charge in [-0.1, -0.05) is 83.4 Å². The quantitative estimate of drug-likeness (QED) is 0.120. The molecule has 2 aliphatic carbocycles. The minimum absolute atomic E-state index is 0.00822. The number of hydrogen-bond donors (Lipinski definition) is 0. The molecule has 5 heteroatoms. The van der Waals surface area contributed by atoms with Gasteiger partial charge in [-0.2, -0.15) is 0 Å². The van der Waals surface area contributed by atoms with Crippen LogP contribution in [0.15, 0.2) is 66.7 Å². The van der Waals surface area contributed by atoms with Crippen LogP contribution in [0.4, 0.5) is 4.39 Å². The van der Waals surface area contributed by atoms with Gasteiger partial charge in [0.1, 0.15) is 17.3 Å². The smallest absolute Gasteiger partial charge is 0.346 e. The second-order valence-corrected chi connectivity index (χ2v) is 17.0. The third-order valence-electron chi connectivity index (χ3n) is 12.6. The van der Waals surface area contributed by atoms with E-state index in [1.165, 1.54) is 80.5 Å². The van der Waals surface area contributed by atoms with Crippen molar-refractivity contribution in [3.05, 3.63) is 128 Å². The second-order valence-electron chi connectivity index (χ2n) is 17.0. The molecular weight excluding hydrogens is 684 g/mol. The van der Waals surface area contributed by atoms with E-state index in [9.17, 15) is 14.0 Å². The van der Waals surface area contributed by atoms with Crippen molar-refractivity contribution in [3.63, 3.8) is 0 Å². The van der Waals surface area contributed by atoms with Crippen LogP contribution in [-0.2, 0) is 12.8 Å². The van der Waals surface area contributed by atoms with Crippen LogP contribution in [0, 0.1) is 71.0 Å². The highest BCUT2D eigenvalue weighted by Crippen LogP contribution is 2.33. The number of aryl methyl sites for hydroxylation is 6. The lowest BCUT2D eigenvalue weighted by Crippen LogP contribution is -2.13. The third kappa shape index (κ3) is 12.1. The fraction of sp³-hybridized carbons (Fsp3) is 0.480. The molecule has 2 fully saturated rings. The Morgan fingerprint density at radius 2 is 0.945 bits per heavy atom. The summed E-state index contributed by atoms with van der Waals surface area (Å²) in [5, 5.41) is 0. The van der Waals surface area contributed by atoms with Gasteiger partial charge in [0.05, 0.1) is 11.1 Å². The van der Waals surface area contributed by atoms with Crippen molar-refractivity contribution in [3.8, 4) is 11.5 Å². The highest BCUT2D eigenvalue weighted by Gasteiger charge is 2.20. The first kappa shape index (κ1) is 41.9. The summed E-state index contributed by atoms with van der Waals surface area (Å²) in [6, 6.07) is 20.4. The lowest BCUT2D eigenvalue weighted by molar-refractivity contribution is 0.0722. The molecule has 0 unspecified atom stereocenters. The number of hydrogen-bond acceptors (Lipinski definition) is 4. The number of carbonyl (C=O) groups is 2. The standard InChI is InChI=1S/C25H31FO2.C25H32O2/c1-16-5-7-20(8-6-16)9-10-21-11-12-23(24(26)15-21)25(27)28-22-13-17(2)19(4)18(3)14-22;1-17-5-7-21(8-6-17)9-10-22-11-13-23(14-12-22)25(26)27-24-15-18(2)20(4)19(3)16-24/h11-16,20H,5-10H2,1-4H3;11-17,21H,5-10H2,1-4H3. The number of halogens is 1. The van der Waals surface area contributed by atoms with Crippen LogP contribution in [-0.4, -0.2) is 11.9 Å². The van der Waals surface area contributed by atoms with Crippen LogP contribution >= 0.6 is 0 Å². The van der Waals surface area contributed by atoms with E-state index >= 15 is 0 Å². The Bertz CT molecular complexity index is 1860. The zero-order valence-electron chi connectivity index (χ0n) is 34.7. The molecule has 0 aromatic heterocycles. The minimum Gasteiger partial charge on any atom is -0.423 e. The van der Waals surface area contributed by atoms with Crippen LogP contribution in [0.5, 0.6) is 11.5 Å².